The van der Waals surface area contributed by atoms with Crippen LogP contribution in [0.3, 0.4) is 0 Å². The van der Waals surface area contributed by atoms with Gasteiger partial charge >= 0.3 is 5.88 Å². The Morgan fingerprint density at radius 1 is 1.36 bits per heavy atom. The Kier molecular flexibility index (Phi) is 5.56. The number of nitrogens with zero attached hydrogens (tertiary/aromatic N) is 3. The largest absolute Gasteiger partial charge is 0.433 e. The maximum absolute atomic E-state index is 10.4. The summed E-state index contributed by atoms with van der Waals surface area (Å²) in [6, 6.07) is 10.1. The van der Waals surface area contributed by atoms with Gasteiger partial charge in [0.2, 0.25) is 0 Å². The van der Waals surface area contributed by atoms with Crippen LogP contribution in [0, 0.1) is 10.1 Å². The molecule has 0 aliphatic rings. The molecule has 2 N–H and O–H groups in total. The van der Waals surface area contributed by atoms with Gasteiger partial charge < -0.3 is 10.2 Å². The van der Waals surface area contributed by atoms with E-state index in [-0.39, 0.29) is 16.8 Å². The minimum absolute atomic E-state index is 0.228. The third-order valence-electron chi connectivity index (χ3n) is 2.43. The third-order valence-corrected chi connectivity index (χ3v) is 3.54. The summed E-state index contributed by atoms with van der Waals surface area (Å²) in [6.07, 6.45) is 1.25. The highest BCUT2D eigenvalue weighted by Crippen LogP contribution is 2.16. The Hall–Kier alpha value is -2.32. The monoisotopic (exact) mass is 338 g/mol. The number of furan rings is 1. The van der Waals surface area contributed by atoms with E-state index < -0.39 is 4.92 Å². The van der Waals surface area contributed by atoms with E-state index in [1.54, 1.807) is 12.1 Å². The van der Waals surface area contributed by atoms with Crippen molar-refractivity contribution in [1.82, 2.24) is 0 Å². The van der Waals surface area contributed by atoms with Crippen molar-refractivity contribution in [2.75, 3.05) is 0 Å². The molecule has 0 aliphatic heterocycles. The highest BCUT2D eigenvalue weighted by atomic mass is 35.5. The highest BCUT2D eigenvalue weighted by Gasteiger charge is 2.10. The number of nitro groups is 1. The molecule has 2 rings (SSSR count). The standard InChI is InChI=1S/C13H11ClN4O3S/c14-10-3-1-9(2-4-10)8-22-13(15)17-16-7-11-5-6-12(21-11)18(19)20/h1-7H,8H2,(H2,15,17)/b16-7+. The van der Waals surface area contributed by atoms with Gasteiger partial charge in [0.15, 0.2) is 10.9 Å². The predicted octanol–water partition coefficient (Wildman–Crippen LogP) is 3.42. The first-order valence-corrected chi connectivity index (χ1v) is 7.39. The first-order valence-electron chi connectivity index (χ1n) is 6.02. The fourth-order valence-corrected chi connectivity index (χ4v) is 2.16. The molecule has 0 radical (unpaired) electrons. The van der Waals surface area contributed by atoms with E-state index in [1.807, 2.05) is 12.1 Å². The lowest BCUT2D eigenvalue weighted by Crippen LogP contribution is -2.05. The van der Waals surface area contributed by atoms with Gasteiger partial charge in [-0.15, -0.1) is 5.10 Å². The molecule has 9 heteroatoms. The molecule has 0 spiro atoms. The Labute approximate surface area is 135 Å². The zero-order chi connectivity index (χ0) is 15.9. The van der Waals surface area contributed by atoms with Crippen LogP contribution >= 0.6 is 23.4 Å². The quantitative estimate of drug-likeness (QED) is 0.389. The summed E-state index contributed by atoms with van der Waals surface area (Å²) < 4.78 is 4.89. The molecule has 0 amide bonds. The number of halogens is 1. The molecule has 114 valence electrons. The third kappa shape index (κ3) is 4.90. The van der Waals surface area contributed by atoms with Crippen molar-refractivity contribution in [3.05, 3.63) is 62.9 Å². The van der Waals surface area contributed by atoms with E-state index in [9.17, 15) is 10.1 Å². The number of rotatable bonds is 5. The lowest BCUT2D eigenvalue weighted by molar-refractivity contribution is -0.402. The number of hydrogen-bond donors (Lipinski definition) is 1. The van der Waals surface area contributed by atoms with Crippen molar-refractivity contribution in [3.63, 3.8) is 0 Å². The minimum Gasteiger partial charge on any atom is -0.400 e. The SMILES string of the molecule is N/C(=N\N=C\c1ccc([N+](=O)[O-])o1)SCc1ccc(Cl)cc1. The van der Waals surface area contributed by atoms with Crippen molar-refractivity contribution in [2.24, 2.45) is 15.9 Å². The van der Waals surface area contributed by atoms with Gasteiger partial charge in [-0.3, -0.25) is 10.1 Å². The van der Waals surface area contributed by atoms with Gasteiger partial charge in [0.25, 0.3) is 0 Å². The number of benzene rings is 1. The van der Waals surface area contributed by atoms with Gasteiger partial charge in [-0.05, 0) is 23.8 Å². The molecular formula is C13H11ClN4O3S. The van der Waals surface area contributed by atoms with Crippen LogP contribution in [0.25, 0.3) is 0 Å². The molecule has 2 aromatic rings. The van der Waals surface area contributed by atoms with E-state index in [2.05, 4.69) is 10.2 Å². The van der Waals surface area contributed by atoms with E-state index >= 15 is 0 Å². The summed E-state index contributed by atoms with van der Waals surface area (Å²) in [6.45, 7) is 0. The zero-order valence-electron chi connectivity index (χ0n) is 11.2. The summed E-state index contributed by atoms with van der Waals surface area (Å²) in [5.41, 5.74) is 6.76. The van der Waals surface area contributed by atoms with Gasteiger partial charge in [-0.1, -0.05) is 35.5 Å². The van der Waals surface area contributed by atoms with Crippen LogP contribution in [0.5, 0.6) is 0 Å². The summed E-state index contributed by atoms with van der Waals surface area (Å²) in [4.78, 5) is 9.82. The fraction of sp³-hybridized carbons (Fsp3) is 0.0769. The van der Waals surface area contributed by atoms with Crippen molar-refractivity contribution in [2.45, 2.75) is 5.75 Å². The van der Waals surface area contributed by atoms with Crippen LogP contribution in [-0.2, 0) is 5.75 Å². The van der Waals surface area contributed by atoms with Crippen molar-refractivity contribution < 1.29 is 9.34 Å². The Morgan fingerprint density at radius 3 is 2.73 bits per heavy atom. The van der Waals surface area contributed by atoms with Gasteiger partial charge in [-0.2, -0.15) is 5.10 Å². The molecule has 0 saturated carbocycles. The highest BCUT2D eigenvalue weighted by molar-refractivity contribution is 8.13. The van der Waals surface area contributed by atoms with Crippen molar-refractivity contribution in [3.8, 4) is 0 Å². The van der Waals surface area contributed by atoms with Crippen molar-refractivity contribution in [1.29, 1.82) is 0 Å². The number of hydrogen-bond acceptors (Lipinski definition) is 6. The van der Waals surface area contributed by atoms with Crippen molar-refractivity contribution >= 4 is 40.6 Å². The average Bonchev–Trinajstić information content (AvgIpc) is 2.96. The second-order valence-electron chi connectivity index (χ2n) is 4.03. The normalized spacial score (nSPS) is 12.0. The average molecular weight is 339 g/mol. The van der Waals surface area contributed by atoms with Crippen LogP contribution < -0.4 is 5.73 Å². The summed E-state index contributed by atoms with van der Waals surface area (Å²) in [5, 5.41) is 18.9. The number of nitrogens with two attached hydrogens (primary N) is 1. The predicted molar refractivity (Wildman–Crippen MR) is 87.3 cm³/mol. The molecule has 1 heterocycles. The van der Waals surface area contributed by atoms with Crippen LogP contribution in [0.4, 0.5) is 5.88 Å². The van der Waals surface area contributed by atoms with E-state index in [1.165, 1.54) is 30.1 Å². The first kappa shape index (κ1) is 16.1. The van der Waals surface area contributed by atoms with E-state index in [4.69, 9.17) is 21.8 Å². The second kappa shape index (κ2) is 7.62. The fourth-order valence-electron chi connectivity index (χ4n) is 1.42. The molecule has 1 aromatic heterocycles. The lowest BCUT2D eigenvalue weighted by Gasteiger charge is -2.00. The van der Waals surface area contributed by atoms with E-state index in [0.29, 0.717) is 10.8 Å². The Morgan fingerprint density at radius 2 is 2.09 bits per heavy atom. The summed E-state index contributed by atoms with van der Waals surface area (Å²) in [5.74, 6) is 0.510. The summed E-state index contributed by atoms with van der Waals surface area (Å²) >= 11 is 7.11. The molecule has 1 aromatic carbocycles. The number of thioether (sulfide) groups is 1. The minimum atomic E-state index is -0.628. The molecule has 7 nitrogen and oxygen atoms in total. The molecule has 0 atom stereocenters. The lowest BCUT2D eigenvalue weighted by atomic mass is 10.2. The van der Waals surface area contributed by atoms with E-state index in [0.717, 1.165) is 5.56 Å². The second-order valence-corrected chi connectivity index (χ2v) is 5.46. The topological polar surface area (TPSA) is 107 Å². The van der Waals surface area contributed by atoms with Crippen LogP contribution in [-0.4, -0.2) is 16.3 Å². The first-order chi connectivity index (χ1) is 10.5. The zero-order valence-corrected chi connectivity index (χ0v) is 12.8. The molecule has 22 heavy (non-hydrogen) atoms. The maximum Gasteiger partial charge on any atom is 0.433 e. The molecule has 0 fully saturated rings. The van der Waals surface area contributed by atoms with Gasteiger partial charge in [0.1, 0.15) is 4.92 Å². The molecule has 0 unspecified atom stereocenters. The molecule has 0 aliphatic carbocycles. The van der Waals surface area contributed by atoms with Crippen LogP contribution in [0.1, 0.15) is 11.3 Å². The maximum atomic E-state index is 10.4. The smallest absolute Gasteiger partial charge is 0.400 e. The van der Waals surface area contributed by atoms with Gasteiger partial charge in [-0.25, -0.2) is 0 Å². The van der Waals surface area contributed by atoms with Gasteiger partial charge in [0.05, 0.1) is 12.3 Å². The Bertz CT molecular complexity index is 712. The number of amidine groups is 1. The van der Waals surface area contributed by atoms with Gasteiger partial charge in [0, 0.05) is 10.8 Å². The molecule has 0 saturated heterocycles. The molecule has 0 bridgehead atoms. The van der Waals surface area contributed by atoms with Crippen LogP contribution in [0.15, 0.2) is 51.0 Å². The van der Waals surface area contributed by atoms with Crippen LogP contribution in [0.2, 0.25) is 5.02 Å². The summed E-state index contributed by atoms with van der Waals surface area (Å²) in [7, 11) is 0. The Balaban J connectivity index is 1.87. The molecular weight excluding hydrogens is 328 g/mol.